The van der Waals surface area contributed by atoms with Gasteiger partial charge in [-0.15, -0.1) is 0 Å². The number of guanidine groups is 1. The predicted octanol–water partition coefficient (Wildman–Crippen LogP) is 3.32. The van der Waals surface area contributed by atoms with E-state index in [0.29, 0.717) is 13.1 Å². The third-order valence-corrected chi connectivity index (χ3v) is 3.04. The van der Waals surface area contributed by atoms with E-state index in [1.807, 2.05) is 57.2 Å². The molecule has 124 valence electrons. The summed E-state index contributed by atoms with van der Waals surface area (Å²) in [5.74, 6) is 2.52. The molecule has 0 spiro atoms. The Kier molecular flexibility index (Phi) is 6.54. The number of nitrogens with one attached hydrogen (secondary N) is 2. The molecule has 1 aromatic heterocycles. The van der Waals surface area contributed by atoms with Crippen LogP contribution in [0, 0.1) is 0 Å². The number of hydrogen-bond donors (Lipinski definition) is 2. The van der Waals surface area contributed by atoms with E-state index in [2.05, 4.69) is 15.6 Å². The van der Waals surface area contributed by atoms with Gasteiger partial charge in [0, 0.05) is 6.54 Å². The Morgan fingerprint density at radius 1 is 1.22 bits per heavy atom. The minimum Gasteiger partial charge on any atom is -0.491 e. The normalized spacial score (nSPS) is 11.6. The number of benzene rings is 1. The zero-order chi connectivity index (χ0) is 16.5. The van der Waals surface area contributed by atoms with Crippen molar-refractivity contribution >= 4 is 5.96 Å². The lowest BCUT2D eigenvalue weighted by Gasteiger charge is -2.12. The van der Waals surface area contributed by atoms with Gasteiger partial charge in [-0.25, -0.2) is 4.99 Å². The Morgan fingerprint density at radius 2 is 2.09 bits per heavy atom. The summed E-state index contributed by atoms with van der Waals surface area (Å²) in [6.45, 7) is 8.08. The molecular weight excluding hydrogens is 290 g/mol. The molecule has 2 rings (SSSR count). The Hall–Kier alpha value is -2.43. The van der Waals surface area contributed by atoms with Crippen LogP contribution in [0.5, 0.6) is 5.75 Å². The van der Waals surface area contributed by atoms with Crippen LogP contribution in [0.3, 0.4) is 0 Å². The quantitative estimate of drug-likeness (QED) is 0.608. The smallest absolute Gasteiger partial charge is 0.191 e. The molecule has 0 atom stereocenters. The second-order valence-electron chi connectivity index (χ2n) is 5.44. The van der Waals surface area contributed by atoms with Crippen LogP contribution in [0.15, 0.2) is 52.1 Å². The van der Waals surface area contributed by atoms with E-state index < -0.39 is 0 Å². The zero-order valence-corrected chi connectivity index (χ0v) is 14.0. The first-order valence-corrected chi connectivity index (χ1v) is 7.97. The molecule has 0 fully saturated rings. The average Bonchev–Trinajstić information content (AvgIpc) is 3.03. The molecule has 0 aliphatic carbocycles. The van der Waals surface area contributed by atoms with Crippen molar-refractivity contribution in [3.05, 3.63) is 54.0 Å². The number of rotatable bonds is 7. The van der Waals surface area contributed by atoms with Crippen LogP contribution in [0.1, 0.15) is 32.1 Å². The van der Waals surface area contributed by atoms with Crippen LogP contribution in [0.4, 0.5) is 0 Å². The largest absolute Gasteiger partial charge is 0.491 e. The van der Waals surface area contributed by atoms with Gasteiger partial charge in [-0.05, 0) is 50.6 Å². The average molecular weight is 315 g/mol. The van der Waals surface area contributed by atoms with Gasteiger partial charge in [0.15, 0.2) is 5.96 Å². The maximum absolute atomic E-state index is 5.71. The van der Waals surface area contributed by atoms with Crippen molar-refractivity contribution in [2.45, 2.75) is 40.0 Å². The number of nitrogens with zero attached hydrogens (tertiary/aromatic N) is 1. The summed E-state index contributed by atoms with van der Waals surface area (Å²) in [5.41, 5.74) is 1.11. The van der Waals surface area contributed by atoms with Crippen LogP contribution in [-0.2, 0) is 13.1 Å². The maximum atomic E-state index is 5.71. The number of aliphatic imine (C=N–C) groups is 1. The lowest BCUT2D eigenvalue weighted by atomic mass is 10.2. The van der Waals surface area contributed by atoms with Crippen molar-refractivity contribution < 1.29 is 9.15 Å². The summed E-state index contributed by atoms with van der Waals surface area (Å²) in [6, 6.07) is 11.8. The van der Waals surface area contributed by atoms with Crippen molar-refractivity contribution in [3.63, 3.8) is 0 Å². The molecule has 5 nitrogen and oxygen atoms in total. The van der Waals surface area contributed by atoms with Gasteiger partial charge in [-0.1, -0.05) is 12.1 Å². The highest BCUT2D eigenvalue weighted by atomic mass is 16.5. The standard InChI is InChI=1S/C18H25N3O2/c1-4-19-18(21-13-17-9-6-10-22-17)20-12-15-7-5-8-16(11-15)23-14(2)3/h5-11,14H,4,12-13H2,1-3H3,(H2,19,20,21). The lowest BCUT2D eigenvalue weighted by Crippen LogP contribution is -2.36. The van der Waals surface area contributed by atoms with Crippen molar-refractivity contribution in [2.24, 2.45) is 4.99 Å². The van der Waals surface area contributed by atoms with Crippen molar-refractivity contribution in [1.82, 2.24) is 10.6 Å². The molecule has 2 N–H and O–H groups in total. The monoisotopic (exact) mass is 315 g/mol. The molecule has 0 unspecified atom stereocenters. The summed E-state index contributed by atoms with van der Waals surface area (Å²) >= 11 is 0. The Morgan fingerprint density at radius 3 is 2.78 bits per heavy atom. The molecule has 2 aromatic rings. The number of furan rings is 1. The van der Waals surface area contributed by atoms with Crippen LogP contribution in [0.25, 0.3) is 0 Å². The van der Waals surface area contributed by atoms with Gasteiger partial charge >= 0.3 is 0 Å². The maximum Gasteiger partial charge on any atom is 0.191 e. The first kappa shape index (κ1) is 16.9. The molecule has 0 aliphatic rings. The molecule has 0 aliphatic heterocycles. The number of hydrogen-bond acceptors (Lipinski definition) is 3. The molecule has 0 saturated carbocycles. The second-order valence-corrected chi connectivity index (χ2v) is 5.44. The van der Waals surface area contributed by atoms with Gasteiger partial charge in [0.1, 0.15) is 11.5 Å². The molecule has 1 heterocycles. The minimum absolute atomic E-state index is 0.168. The molecule has 0 saturated heterocycles. The third-order valence-electron chi connectivity index (χ3n) is 3.04. The second kappa shape index (κ2) is 8.88. The van der Waals surface area contributed by atoms with Crippen LogP contribution >= 0.6 is 0 Å². The summed E-state index contributed by atoms with van der Waals surface area (Å²) in [7, 11) is 0. The predicted molar refractivity (Wildman–Crippen MR) is 92.6 cm³/mol. The van der Waals surface area contributed by atoms with E-state index in [9.17, 15) is 0 Å². The summed E-state index contributed by atoms with van der Waals surface area (Å²) < 4.78 is 11.0. The third kappa shape index (κ3) is 6.06. The topological polar surface area (TPSA) is 58.8 Å². The summed E-state index contributed by atoms with van der Waals surface area (Å²) in [4.78, 5) is 4.60. The molecule has 0 bridgehead atoms. The van der Waals surface area contributed by atoms with Crippen molar-refractivity contribution in [3.8, 4) is 5.75 Å². The Labute approximate surface area is 137 Å². The van der Waals surface area contributed by atoms with Gasteiger partial charge < -0.3 is 19.8 Å². The SMILES string of the molecule is CCNC(=NCc1cccc(OC(C)C)c1)NCc1ccco1. The molecule has 0 radical (unpaired) electrons. The van der Waals surface area contributed by atoms with Crippen molar-refractivity contribution in [1.29, 1.82) is 0 Å². The molecule has 1 aromatic carbocycles. The van der Waals surface area contributed by atoms with Crippen LogP contribution < -0.4 is 15.4 Å². The Balaban J connectivity index is 1.96. The fourth-order valence-electron chi connectivity index (χ4n) is 2.09. The zero-order valence-electron chi connectivity index (χ0n) is 14.0. The first-order chi connectivity index (χ1) is 11.2. The van der Waals surface area contributed by atoms with E-state index in [-0.39, 0.29) is 6.10 Å². The van der Waals surface area contributed by atoms with Gasteiger partial charge in [-0.3, -0.25) is 0 Å². The van der Waals surface area contributed by atoms with Gasteiger partial charge in [0.25, 0.3) is 0 Å². The first-order valence-electron chi connectivity index (χ1n) is 7.97. The van der Waals surface area contributed by atoms with E-state index >= 15 is 0 Å². The summed E-state index contributed by atoms with van der Waals surface area (Å²) in [6.07, 6.45) is 1.84. The van der Waals surface area contributed by atoms with Crippen LogP contribution in [0.2, 0.25) is 0 Å². The van der Waals surface area contributed by atoms with Gasteiger partial charge in [0.2, 0.25) is 0 Å². The minimum atomic E-state index is 0.168. The lowest BCUT2D eigenvalue weighted by molar-refractivity contribution is 0.242. The Bertz CT molecular complexity index is 606. The van der Waals surface area contributed by atoms with E-state index in [1.165, 1.54) is 0 Å². The van der Waals surface area contributed by atoms with E-state index in [0.717, 1.165) is 29.6 Å². The summed E-state index contributed by atoms with van der Waals surface area (Å²) in [5, 5.41) is 6.48. The molecular formula is C18H25N3O2. The van der Waals surface area contributed by atoms with E-state index in [4.69, 9.17) is 9.15 Å². The highest BCUT2D eigenvalue weighted by molar-refractivity contribution is 5.79. The van der Waals surface area contributed by atoms with E-state index in [1.54, 1.807) is 6.26 Å². The highest BCUT2D eigenvalue weighted by Gasteiger charge is 2.02. The molecule has 5 heteroatoms. The van der Waals surface area contributed by atoms with Gasteiger partial charge in [0.05, 0.1) is 25.5 Å². The van der Waals surface area contributed by atoms with Crippen molar-refractivity contribution in [2.75, 3.05) is 6.54 Å². The fraction of sp³-hybridized carbons (Fsp3) is 0.389. The van der Waals surface area contributed by atoms with Gasteiger partial charge in [-0.2, -0.15) is 0 Å². The molecule has 0 amide bonds. The highest BCUT2D eigenvalue weighted by Crippen LogP contribution is 2.15. The molecule has 23 heavy (non-hydrogen) atoms. The number of ether oxygens (including phenoxy) is 1. The fourth-order valence-corrected chi connectivity index (χ4v) is 2.09. The van der Waals surface area contributed by atoms with Crippen LogP contribution in [-0.4, -0.2) is 18.6 Å².